The van der Waals surface area contributed by atoms with E-state index in [2.05, 4.69) is 34.6 Å². The standard InChI is InChI=1S/C16H24F2N4S.HI/c1-19-15(20-9-12-6-13(17)8-14(18)7-12)21-10-16(22(2)3)4-5-23-11-16;/h6-8H,4-5,9-11H2,1-3H3,(H2,19,20,21);1H. The quantitative estimate of drug-likeness (QED) is 0.395. The molecule has 0 bridgehead atoms. The van der Waals surface area contributed by atoms with Gasteiger partial charge < -0.3 is 15.5 Å². The van der Waals surface area contributed by atoms with Crippen molar-refractivity contribution in [2.24, 2.45) is 4.99 Å². The van der Waals surface area contributed by atoms with Crippen molar-refractivity contribution in [1.29, 1.82) is 0 Å². The molecule has 1 aromatic carbocycles. The van der Waals surface area contributed by atoms with Crippen molar-refractivity contribution in [3.63, 3.8) is 0 Å². The summed E-state index contributed by atoms with van der Waals surface area (Å²) < 4.78 is 26.4. The molecule has 136 valence electrons. The van der Waals surface area contributed by atoms with E-state index >= 15 is 0 Å². The maximum absolute atomic E-state index is 13.2. The van der Waals surface area contributed by atoms with E-state index < -0.39 is 11.6 Å². The number of thioether (sulfide) groups is 1. The Morgan fingerprint density at radius 2 is 1.92 bits per heavy atom. The molecule has 0 amide bonds. The van der Waals surface area contributed by atoms with Gasteiger partial charge in [-0.1, -0.05) is 0 Å². The molecule has 1 aliphatic rings. The Balaban J connectivity index is 0.00000288. The maximum Gasteiger partial charge on any atom is 0.191 e. The Hall–Kier alpha value is -0.610. The van der Waals surface area contributed by atoms with E-state index in [0.717, 1.165) is 30.5 Å². The molecule has 24 heavy (non-hydrogen) atoms. The molecule has 1 saturated heterocycles. The highest BCUT2D eigenvalue weighted by atomic mass is 127. The minimum Gasteiger partial charge on any atom is -0.355 e. The first kappa shape index (κ1) is 21.4. The lowest BCUT2D eigenvalue weighted by molar-refractivity contribution is 0.183. The molecule has 1 fully saturated rings. The van der Waals surface area contributed by atoms with Gasteiger partial charge in [0.15, 0.2) is 5.96 Å². The van der Waals surface area contributed by atoms with Crippen molar-refractivity contribution >= 4 is 41.7 Å². The van der Waals surface area contributed by atoms with Crippen molar-refractivity contribution < 1.29 is 8.78 Å². The molecule has 0 saturated carbocycles. The zero-order valence-corrected chi connectivity index (χ0v) is 17.4. The van der Waals surface area contributed by atoms with Crippen molar-refractivity contribution in [1.82, 2.24) is 15.5 Å². The molecule has 1 aromatic rings. The van der Waals surface area contributed by atoms with Crippen LogP contribution in [0.5, 0.6) is 0 Å². The summed E-state index contributed by atoms with van der Waals surface area (Å²) in [6, 6.07) is 3.51. The Bertz CT molecular complexity index is 543. The highest BCUT2D eigenvalue weighted by Gasteiger charge is 2.36. The number of aliphatic imine (C=N–C) groups is 1. The number of nitrogens with one attached hydrogen (secondary N) is 2. The maximum atomic E-state index is 13.2. The fourth-order valence-corrected chi connectivity index (χ4v) is 4.17. The van der Waals surface area contributed by atoms with Crippen molar-refractivity contribution in [2.75, 3.05) is 39.2 Å². The zero-order valence-electron chi connectivity index (χ0n) is 14.2. The average Bonchev–Trinajstić information content (AvgIpc) is 2.96. The number of rotatable bonds is 5. The number of hydrogen-bond acceptors (Lipinski definition) is 3. The topological polar surface area (TPSA) is 39.7 Å². The Labute approximate surface area is 163 Å². The molecule has 2 rings (SSSR count). The van der Waals surface area contributed by atoms with Gasteiger partial charge in [0.05, 0.1) is 0 Å². The SMILES string of the molecule is CN=C(NCc1cc(F)cc(F)c1)NCC1(N(C)C)CCSC1.I. The summed E-state index contributed by atoms with van der Waals surface area (Å²) in [6.45, 7) is 1.10. The van der Waals surface area contributed by atoms with E-state index in [1.54, 1.807) is 7.05 Å². The molecule has 4 nitrogen and oxygen atoms in total. The first-order chi connectivity index (χ1) is 10.9. The number of halogens is 3. The van der Waals surface area contributed by atoms with Crippen LogP contribution in [0.15, 0.2) is 23.2 Å². The van der Waals surface area contributed by atoms with Gasteiger partial charge in [-0.25, -0.2) is 8.78 Å². The van der Waals surface area contributed by atoms with Gasteiger partial charge in [0.2, 0.25) is 0 Å². The summed E-state index contributed by atoms with van der Waals surface area (Å²) in [5, 5.41) is 6.43. The molecule has 1 heterocycles. The third-order valence-electron chi connectivity index (χ3n) is 4.22. The normalized spacial score (nSPS) is 20.8. The molecule has 1 unspecified atom stereocenters. The van der Waals surface area contributed by atoms with Crippen LogP contribution < -0.4 is 10.6 Å². The molecular weight excluding hydrogens is 445 g/mol. The van der Waals surface area contributed by atoms with Crippen molar-refractivity contribution in [3.05, 3.63) is 35.4 Å². The predicted molar refractivity (Wildman–Crippen MR) is 108 cm³/mol. The lowest BCUT2D eigenvalue weighted by atomic mass is 9.97. The van der Waals surface area contributed by atoms with Gasteiger partial charge in [-0.15, -0.1) is 24.0 Å². The van der Waals surface area contributed by atoms with E-state index in [1.165, 1.54) is 12.1 Å². The fraction of sp³-hybridized carbons (Fsp3) is 0.562. The van der Waals surface area contributed by atoms with Crippen LogP contribution in [0.1, 0.15) is 12.0 Å². The van der Waals surface area contributed by atoms with Crippen LogP contribution in [0.25, 0.3) is 0 Å². The first-order valence-corrected chi connectivity index (χ1v) is 8.75. The van der Waals surface area contributed by atoms with E-state index in [-0.39, 0.29) is 29.5 Å². The summed E-state index contributed by atoms with van der Waals surface area (Å²) in [5.41, 5.74) is 0.664. The predicted octanol–water partition coefficient (Wildman–Crippen LogP) is 2.69. The van der Waals surface area contributed by atoms with E-state index in [9.17, 15) is 8.78 Å². The third-order valence-corrected chi connectivity index (χ3v) is 5.46. The van der Waals surface area contributed by atoms with Gasteiger partial charge in [-0.3, -0.25) is 4.99 Å². The highest BCUT2D eigenvalue weighted by Crippen LogP contribution is 2.31. The number of nitrogens with zero attached hydrogens (tertiary/aromatic N) is 2. The Kier molecular flexibility index (Phi) is 8.72. The third kappa shape index (κ3) is 5.73. The molecule has 8 heteroatoms. The van der Waals surface area contributed by atoms with Crippen LogP contribution in [0, 0.1) is 11.6 Å². The molecule has 0 radical (unpaired) electrons. The van der Waals surface area contributed by atoms with Crippen LogP contribution in [-0.4, -0.2) is 55.6 Å². The fourth-order valence-electron chi connectivity index (χ4n) is 2.61. The van der Waals surface area contributed by atoms with E-state index in [0.29, 0.717) is 18.1 Å². The van der Waals surface area contributed by atoms with Crippen molar-refractivity contribution in [3.8, 4) is 0 Å². The minimum atomic E-state index is -0.570. The van der Waals surface area contributed by atoms with E-state index in [4.69, 9.17) is 0 Å². The van der Waals surface area contributed by atoms with E-state index in [1.807, 2.05) is 11.8 Å². The van der Waals surface area contributed by atoms with Gasteiger partial charge in [-0.05, 0) is 44.0 Å². The molecule has 0 spiro atoms. The smallest absolute Gasteiger partial charge is 0.191 e. The second kappa shape index (κ2) is 9.76. The van der Waals surface area contributed by atoms with Gasteiger partial charge >= 0.3 is 0 Å². The number of benzene rings is 1. The monoisotopic (exact) mass is 470 g/mol. The summed E-state index contributed by atoms with van der Waals surface area (Å²) >= 11 is 1.96. The largest absolute Gasteiger partial charge is 0.355 e. The number of guanidine groups is 1. The molecule has 2 N–H and O–H groups in total. The number of hydrogen-bond donors (Lipinski definition) is 2. The number of likely N-dealkylation sites (N-methyl/N-ethyl adjacent to an activating group) is 1. The lowest BCUT2D eigenvalue weighted by Gasteiger charge is -2.36. The molecular formula is C16H25F2IN4S. The van der Waals surface area contributed by atoms with Crippen molar-refractivity contribution in [2.45, 2.75) is 18.5 Å². The van der Waals surface area contributed by atoms with Gasteiger partial charge in [0.25, 0.3) is 0 Å². The van der Waals surface area contributed by atoms with Crippen LogP contribution in [0.3, 0.4) is 0 Å². The molecule has 1 aliphatic heterocycles. The lowest BCUT2D eigenvalue weighted by Crippen LogP contribution is -2.54. The first-order valence-electron chi connectivity index (χ1n) is 7.60. The second-order valence-corrected chi connectivity index (χ2v) is 7.08. The summed E-state index contributed by atoms with van der Waals surface area (Å²) in [5.74, 6) is 1.74. The zero-order chi connectivity index (χ0) is 16.9. The second-order valence-electron chi connectivity index (χ2n) is 5.98. The van der Waals surface area contributed by atoms with Crippen LogP contribution in [0.4, 0.5) is 8.78 Å². The average molecular weight is 470 g/mol. The van der Waals surface area contributed by atoms with Crippen LogP contribution in [0.2, 0.25) is 0 Å². The van der Waals surface area contributed by atoms with Crippen LogP contribution >= 0.6 is 35.7 Å². The van der Waals surface area contributed by atoms with Gasteiger partial charge in [-0.2, -0.15) is 11.8 Å². The summed E-state index contributed by atoms with van der Waals surface area (Å²) in [7, 11) is 5.88. The molecule has 0 aliphatic carbocycles. The summed E-state index contributed by atoms with van der Waals surface area (Å²) in [4.78, 5) is 6.44. The summed E-state index contributed by atoms with van der Waals surface area (Å²) in [6.07, 6.45) is 1.13. The molecule has 1 atom stereocenters. The highest BCUT2D eigenvalue weighted by molar-refractivity contribution is 14.0. The Morgan fingerprint density at radius 3 is 2.42 bits per heavy atom. The molecule has 0 aromatic heterocycles. The van der Waals surface area contributed by atoms with Crippen LogP contribution in [-0.2, 0) is 6.54 Å². The minimum absolute atomic E-state index is 0. The van der Waals surface area contributed by atoms with Gasteiger partial charge in [0.1, 0.15) is 11.6 Å². The van der Waals surface area contributed by atoms with Gasteiger partial charge in [0, 0.05) is 37.5 Å². The Morgan fingerprint density at radius 1 is 1.25 bits per heavy atom.